The van der Waals surface area contributed by atoms with E-state index in [-0.39, 0.29) is 5.97 Å². The van der Waals surface area contributed by atoms with Crippen LogP contribution in [0.5, 0.6) is 5.75 Å². The Balaban J connectivity index is 1.14. The first-order valence-electron chi connectivity index (χ1n) is 16.2. The van der Waals surface area contributed by atoms with E-state index in [1.165, 1.54) is 5.57 Å². The van der Waals surface area contributed by atoms with Crippen LogP contribution in [0.2, 0.25) is 25.7 Å². The summed E-state index contributed by atoms with van der Waals surface area (Å²) in [5.41, 5.74) is 6.22. The molecule has 5 heterocycles. The number of esters is 1. The van der Waals surface area contributed by atoms with Crippen molar-refractivity contribution in [1.82, 2.24) is 19.9 Å². The summed E-state index contributed by atoms with van der Waals surface area (Å²) in [6, 6.07) is 25.6. The number of fused-ring (bicyclic) bond motifs is 8. The summed E-state index contributed by atoms with van der Waals surface area (Å²) in [6.45, 7) is 7.94. The summed E-state index contributed by atoms with van der Waals surface area (Å²) in [6.07, 6.45) is 3.93. The molecular weight excluding hydrogens is 957 g/mol. The van der Waals surface area contributed by atoms with Gasteiger partial charge in [0.25, 0.3) is 0 Å². The van der Waals surface area contributed by atoms with Crippen molar-refractivity contribution < 1.29 is 14.3 Å². The molecule has 4 aromatic heterocycles. The molecule has 5 aromatic rings. The number of benzene rings is 1. The van der Waals surface area contributed by atoms with Crippen LogP contribution in [0.4, 0.5) is 0 Å². The fourth-order valence-electron chi connectivity index (χ4n) is 5.54. The summed E-state index contributed by atoms with van der Waals surface area (Å²) >= 11 is 7.27. The first kappa shape index (κ1) is 35.3. The number of aromatic nitrogens is 4. The number of hydrogen-bond acceptors (Lipinski definition) is 3. The lowest BCUT2D eigenvalue weighted by atomic mass is 10.0. The molecule has 0 radical (unpaired) electrons. The number of nitrogens with one attached hydrogen (secondary N) is 4. The second-order valence-corrected chi connectivity index (χ2v) is 22.1. The fraction of sp³-hybridized carbons (Fsp3) is 0.270. The largest absolute Gasteiger partial charge is 0.494 e. The molecule has 0 saturated heterocycles. The van der Waals surface area contributed by atoms with Gasteiger partial charge in [0.05, 0.1) is 62.6 Å². The number of unbranched alkanes of at least 4 members (excludes halogenated alkanes) is 2. The van der Waals surface area contributed by atoms with Gasteiger partial charge in [-0.05, 0) is 178 Å². The quantitative estimate of drug-likeness (QED) is 0.0481. The number of carbonyl (C=O) groups excluding carboxylic acids is 1. The Bertz CT molecular complexity index is 2170. The molecule has 0 unspecified atom stereocenters. The average Bonchev–Trinajstić information content (AvgIpc) is 3.89. The molecule has 7 nitrogen and oxygen atoms in total. The van der Waals surface area contributed by atoms with E-state index in [1.54, 1.807) is 12.1 Å². The van der Waals surface area contributed by atoms with Gasteiger partial charge in [0.15, 0.2) is 0 Å². The van der Waals surface area contributed by atoms with Gasteiger partial charge >= 0.3 is 5.97 Å². The van der Waals surface area contributed by atoms with Crippen LogP contribution in [0.3, 0.4) is 0 Å². The maximum absolute atomic E-state index is 12.4. The Kier molecular flexibility index (Phi) is 11.5. The number of H-pyrrole nitrogens is 4. The third kappa shape index (κ3) is 8.61. The zero-order chi connectivity index (χ0) is 33.8. The van der Waals surface area contributed by atoms with Crippen LogP contribution >= 0.6 is 67.8 Å². The standard InChI is InChI=1S/C37H39I3N4O3Si/c1-48(2,3)22-21-47-37(45)23-8-10-24(11-9-23)46-20-6-4-5-7-25-26-12-14-28(41-26)34(38)30-16-18-32(43-30)36(40)33-19-17-31(44-33)35(39)29-15-13-27(25)42-29/h8-19,41-44H,4-7,20-22H2,1-3H3. The predicted molar refractivity (Wildman–Crippen MR) is 223 cm³/mol. The summed E-state index contributed by atoms with van der Waals surface area (Å²) < 4.78 is 14.9. The molecule has 1 aromatic carbocycles. The normalized spacial score (nSPS) is 13.3. The lowest BCUT2D eigenvalue weighted by Gasteiger charge is -2.15. The third-order valence-electron chi connectivity index (χ3n) is 8.33. The van der Waals surface area contributed by atoms with Crippen LogP contribution in [0.15, 0.2) is 72.8 Å². The lowest BCUT2D eigenvalue weighted by molar-refractivity contribution is 0.0525. The van der Waals surface area contributed by atoms with Crippen LogP contribution in [0, 0.1) is 0 Å². The summed E-state index contributed by atoms with van der Waals surface area (Å²) in [5.74, 6) is 0.501. The molecule has 0 amide bonds. The number of rotatable bonds is 11. The summed E-state index contributed by atoms with van der Waals surface area (Å²) in [7, 11) is -1.23. The molecule has 8 bridgehead atoms. The third-order valence-corrected chi connectivity index (χ3v) is 13.5. The zero-order valence-corrected chi connectivity index (χ0v) is 34.7. The molecule has 0 spiro atoms. The predicted octanol–water partition coefficient (Wildman–Crippen LogP) is 7.42. The van der Waals surface area contributed by atoms with Crippen molar-refractivity contribution in [3.8, 4) is 5.75 Å². The van der Waals surface area contributed by atoms with E-state index in [1.807, 2.05) is 12.1 Å². The average molecular weight is 997 g/mol. The van der Waals surface area contributed by atoms with E-state index < -0.39 is 8.07 Å². The van der Waals surface area contributed by atoms with Crippen LogP contribution in [-0.2, 0) is 4.74 Å². The summed E-state index contributed by atoms with van der Waals surface area (Å²) in [5, 5.41) is 4.39. The Morgan fingerprint density at radius 2 is 1.12 bits per heavy atom. The van der Waals surface area contributed by atoms with E-state index in [2.05, 4.69) is 156 Å². The number of carbonyl (C=O) groups is 1. The van der Waals surface area contributed by atoms with E-state index in [4.69, 9.17) is 9.47 Å². The molecule has 1 aliphatic heterocycles. The topological polar surface area (TPSA) is 98.7 Å². The lowest BCUT2D eigenvalue weighted by Crippen LogP contribution is -2.22. The highest BCUT2D eigenvalue weighted by molar-refractivity contribution is 14.1. The Hall–Kier alpha value is -2.50. The fourth-order valence-corrected chi connectivity index (χ4v) is 8.14. The van der Waals surface area contributed by atoms with Crippen molar-refractivity contribution in [3.05, 3.63) is 123 Å². The maximum atomic E-state index is 12.4. The number of ether oxygens (including phenoxy) is 2. The van der Waals surface area contributed by atoms with Crippen LogP contribution in [-0.4, -0.2) is 47.2 Å². The van der Waals surface area contributed by atoms with Gasteiger partial charge in [-0.1, -0.05) is 19.6 Å². The molecule has 1 aliphatic rings. The zero-order valence-electron chi connectivity index (χ0n) is 27.2. The monoisotopic (exact) mass is 996 g/mol. The second kappa shape index (κ2) is 15.6. The number of aromatic amines is 4. The number of halogens is 3. The smallest absolute Gasteiger partial charge is 0.338 e. The van der Waals surface area contributed by atoms with Gasteiger partial charge in [0, 0.05) is 19.1 Å². The van der Waals surface area contributed by atoms with E-state index in [0.29, 0.717) is 18.8 Å². The molecule has 6 rings (SSSR count). The van der Waals surface area contributed by atoms with Gasteiger partial charge in [-0.2, -0.15) is 0 Å². The molecule has 4 N–H and O–H groups in total. The Labute approximate surface area is 322 Å². The Morgan fingerprint density at radius 1 is 0.604 bits per heavy atom. The first-order chi connectivity index (χ1) is 23.1. The molecular formula is C37H39I3N4O3Si. The minimum absolute atomic E-state index is 0.269. The molecule has 0 saturated carbocycles. The highest BCUT2D eigenvalue weighted by Gasteiger charge is 2.15. The molecule has 0 fully saturated rings. The minimum Gasteiger partial charge on any atom is -0.494 e. The van der Waals surface area contributed by atoms with Crippen molar-refractivity contribution in [2.75, 3.05) is 13.2 Å². The highest BCUT2D eigenvalue weighted by Crippen LogP contribution is 2.25. The van der Waals surface area contributed by atoms with Crippen molar-refractivity contribution in [2.24, 2.45) is 0 Å². The molecule has 11 heteroatoms. The van der Waals surface area contributed by atoms with Gasteiger partial charge in [0.2, 0.25) is 0 Å². The van der Waals surface area contributed by atoms with E-state index >= 15 is 0 Å². The van der Waals surface area contributed by atoms with Gasteiger partial charge < -0.3 is 29.4 Å². The van der Waals surface area contributed by atoms with Gasteiger partial charge in [-0.25, -0.2) is 4.79 Å². The molecule has 0 aliphatic carbocycles. The van der Waals surface area contributed by atoms with Crippen LogP contribution in [0.25, 0.3) is 16.3 Å². The van der Waals surface area contributed by atoms with Crippen LogP contribution in [0.1, 0.15) is 58.8 Å². The Morgan fingerprint density at radius 3 is 1.71 bits per heavy atom. The van der Waals surface area contributed by atoms with Crippen molar-refractivity contribution in [1.29, 1.82) is 0 Å². The maximum Gasteiger partial charge on any atom is 0.338 e. The number of hydrogen-bond donors (Lipinski definition) is 4. The van der Waals surface area contributed by atoms with Gasteiger partial charge in [0.1, 0.15) is 5.75 Å². The van der Waals surface area contributed by atoms with Gasteiger partial charge in [-0.15, -0.1) is 0 Å². The molecule has 0 atom stereocenters. The van der Waals surface area contributed by atoms with Crippen molar-refractivity contribution in [3.63, 3.8) is 0 Å². The van der Waals surface area contributed by atoms with Crippen molar-refractivity contribution >= 4 is 98.1 Å². The van der Waals surface area contributed by atoms with Crippen molar-refractivity contribution in [2.45, 2.75) is 51.4 Å². The molecule has 48 heavy (non-hydrogen) atoms. The summed E-state index contributed by atoms with van der Waals surface area (Å²) in [4.78, 5) is 27.0. The van der Waals surface area contributed by atoms with Gasteiger partial charge in [-0.3, -0.25) is 0 Å². The minimum atomic E-state index is -1.23. The van der Waals surface area contributed by atoms with E-state index in [0.717, 1.165) is 92.4 Å². The second-order valence-electron chi connectivity index (χ2n) is 13.2. The highest BCUT2D eigenvalue weighted by atomic mass is 127. The molecule has 250 valence electrons. The first-order valence-corrected chi connectivity index (χ1v) is 23.1. The van der Waals surface area contributed by atoms with Crippen LogP contribution < -0.4 is 26.1 Å². The van der Waals surface area contributed by atoms with E-state index in [9.17, 15) is 4.79 Å². The SMILES string of the molecule is C[Si](C)(C)CCOC(=O)c1ccc(OCCCCCC2=c3ccc([nH]3)=C(I)c3ccc([nH]3)C(I)=c3ccc([nH]3)=C(I)c3ccc2[nH]3)cc1.